The minimum absolute atomic E-state index is 0.343. The maximum Gasteiger partial charge on any atom is 0.159 e. The molecule has 1 aromatic heterocycles. The van der Waals surface area contributed by atoms with E-state index in [4.69, 9.17) is 5.73 Å². The summed E-state index contributed by atoms with van der Waals surface area (Å²) in [5.41, 5.74) is 6.06. The minimum Gasteiger partial charge on any atom is -0.324 e. The third kappa shape index (κ3) is 2.40. The van der Waals surface area contributed by atoms with E-state index in [-0.39, 0.29) is 0 Å². The van der Waals surface area contributed by atoms with Crippen LogP contribution in [0.5, 0.6) is 0 Å². The highest BCUT2D eigenvalue weighted by Gasteiger charge is 2.06. The van der Waals surface area contributed by atoms with Crippen LogP contribution in [0.15, 0.2) is 18.2 Å². The standard InChI is InChI=1S/C10H9F2N3S/c11-7-2-1-6(3-8(7)12)4-9-14-15-10(5-13)16-9/h1-3H,4-5,13H2. The Kier molecular flexibility index (Phi) is 3.21. The summed E-state index contributed by atoms with van der Waals surface area (Å²) in [5.74, 6) is -1.69. The molecule has 1 heterocycles. The second-order valence-electron chi connectivity index (χ2n) is 3.22. The van der Waals surface area contributed by atoms with Gasteiger partial charge in [-0.05, 0) is 17.7 Å². The Morgan fingerprint density at radius 1 is 1.12 bits per heavy atom. The third-order valence-electron chi connectivity index (χ3n) is 2.02. The Labute approximate surface area is 94.9 Å². The molecule has 0 saturated carbocycles. The topological polar surface area (TPSA) is 51.8 Å². The molecule has 0 saturated heterocycles. The van der Waals surface area contributed by atoms with Crippen LogP contribution >= 0.6 is 11.3 Å². The first-order valence-corrected chi connectivity index (χ1v) is 5.46. The second-order valence-corrected chi connectivity index (χ2v) is 4.37. The van der Waals surface area contributed by atoms with Crippen molar-refractivity contribution in [3.63, 3.8) is 0 Å². The van der Waals surface area contributed by atoms with Gasteiger partial charge in [-0.3, -0.25) is 0 Å². The molecule has 0 spiro atoms. The van der Waals surface area contributed by atoms with Crippen molar-refractivity contribution in [1.82, 2.24) is 10.2 Å². The van der Waals surface area contributed by atoms with Crippen LogP contribution in [0.4, 0.5) is 8.78 Å². The molecule has 2 rings (SSSR count). The highest BCUT2D eigenvalue weighted by Crippen LogP contribution is 2.16. The number of rotatable bonds is 3. The molecule has 3 nitrogen and oxygen atoms in total. The second kappa shape index (κ2) is 4.63. The Hall–Kier alpha value is -1.40. The van der Waals surface area contributed by atoms with Gasteiger partial charge < -0.3 is 5.73 Å². The molecule has 0 aliphatic rings. The lowest BCUT2D eigenvalue weighted by molar-refractivity contribution is 0.507. The van der Waals surface area contributed by atoms with Crippen molar-refractivity contribution in [3.8, 4) is 0 Å². The zero-order chi connectivity index (χ0) is 11.5. The van der Waals surface area contributed by atoms with Gasteiger partial charge >= 0.3 is 0 Å². The summed E-state index contributed by atoms with van der Waals surface area (Å²) in [6.45, 7) is 0.343. The molecule has 84 valence electrons. The molecule has 16 heavy (non-hydrogen) atoms. The molecule has 1 aromatic carbocycles. The molecule has 0 fully saturated rings. The minimum atomic E-state index is -0.846. The van der Waals surface area contributed by atoms with E-state index >= 15 is 0 Å². The van der Waals surface area contributed by atoms with Crippen LogP contribution in [-0.2, 0) is 13.0 Å². The predicted molar refractivity (Wildman–Crippen MR) is 57.0 cm³/mol. The summed E-state index contributed by atoms with van der Waals surface area (Å²) in [7, 11) is 0. The van der Waals surface area contributed by atoms with E-state index < -0.39 is 11.6 Å². The lowest BCUT2D eigenvalue weighted by Crippen LogP contribution is -1.94. The summed E-state index contributed by atoms with van der Waals surface area (Å²) in [5, 5.41) is 9.23. The highest BCUT2D eigenvalue weighted by atomic mass is 32.1. The summed E-state index contributed by atoms with van der Waals surface area (Å²) in [4.78, 5) is 0. The number of halogens is 2. The summed E-state index contributed by atoms with van der Waals surface area (Å²) < 4.78 is 25.6. The van der Waals surface area contributed by atoms with Gasteiger partial charge in [-0.1, -0.05) is 17.4 Å². The van der Waals surface area contributed by atoms with Crippen molar-refractivity contribution in [2.24, 2.45) is 5.73 Å². The Morgan fingerprint density at radius 3 is 2.50 bits per heavy atom. The molecule has 0 radical (unpaired) electrons. The van der Waals surface area contributed by atoms with Gasteiger partial charge in [0, 0.05) is 13.0 Å². The number of hydrogen-bond donors (Lipinski definition) is 1. The average Bonchev–Trinajstić information content (AvgIpc) is 2.71. The fourth-order valence-corrected chi connectivity index (χ4v) is 2.02. The quantitative estimate of drug-likeness (QED) is 0.892. The molecule has 2 N–H and O–H groups in total. The van der Waals surface area contributed by atoms with Gasteiger partial charge in [0.15, 0.2) is 11.6 Å². The van der Waals surface area contributed by atoms with E-state index in [1.165, 1.54) is 23.5 Å². The smallest absolute Gasteiger partial charge is 0.159 e. The predicted octanol–water partition coefficient (Wildman–Crippen LogP) is 1.87. The fraction of sp³-hybridized carbons (Fsp3) is 0.200. The van der Waals surface area contributed by atoms with E-state index in [0.29, 0.717) is 18.5 Å². The molecule has 0 aliphatic carbocycles. The van der Waals surface area contributed by atoms with Gasteiger partial charge in [-0.15, -0.1) is 10.2 Å². The number of nitrogens with zero attached hydrogens (tertiary/aromatic N) is 2. The number of nitrogens with two attached hydrogens (primary N) is 1. The van der Waals surface area contributed by atoms with E-state index in [0.717, 1.165) is 16.1 Å². The molecular weight excluding hydrogens is 232 g/mol. The fourth-order valence-electron chi connectivity index (χ4n) is 1.27. The summed E-state index contributed by atoms with van der Waals surface area (Å²) >= 11 is 1.37. The Balaban J connectivity index is 2.17. The van der Waals surface area contributed by atoms with Crippen LogP contribution < -0.4 is 5.73 Å². The van der Waals surface area contributed by atoms with Crippen molar-refractivity contribution in [2.75, 3.05) is 0 Å². The van der Waals surface area contributed by atoms with Crippen molar-refractivity contribution in [3.05, 3.63) is 45.4 Å². The van der Waals surface area contributed by atoms with Crippen LogP contribution in [0, 0.1) is 11.6 Å². The van der Waals surface area contributed by atoms with Gasteiger partial charge in [-0.25, -0.2) is 8.78 Å². The first-order valence-electron chi connectivity index (χ1n) is 4.64. The monoisotopic (exact) mass is 241 g/mol. The van der Waals surface area contributed by atoms with Gasteiger partial charge in [0.25, 0.3) is 0 Å². The maximum atomic E-state index is 12.9. The first-order chi connectivity index (χ1) is 7.69. The van der Waals surface area contributed by atoms with Crippen LogP contribution in [0.25, 0.3) is 0 Å². The molecule has 6 heteroatoms. The van der Waals surface area contributed by atoms with Gasteiger partial charge in [0.1, 0.15) is 10.0 Å². The van der Waals surface area contributed by atoms with Crippen LogP contribution in [0.3, 0.4) is 0 Å². The first kappa shape index (κ1) is 11.1. The van der Waals surface area contributed by atoms with Crippen molar-refractivity contribution >= 4 is 11.3 Å². The molecule has 0 aliphatic heterocycles. The van der Waals surface area contributed by atoms with E-state index in [2.05, 4.69) is 10.2 Å². The molecule has 2 aromatic rings. The third-order valence-corrected chi connectivity index (χ3v) is 2.97. The van der Waals surface area contributed by atoms with Crippen molar-refractivity contribution < 1.29 is 8.78 Å². The summed E-state index contributed by atoms with van der Waals surface area (Å²) in [6, 6.07) is 3.80. The van der Waals surface area contributed by atoms with Crippen LogP contribution in [0.2, 0.25) is 0 Å². The average molecular weight is 241 g/mol. The van der Waals surface area contributed by atoms with Crippen LogP contribution in [-0.4, -0.2) is 10.2 Å². The highest BCUT2D eigenvalue weighted by molar-refractivity contribution is 7.11. The van der Waals surface area contributed by atoms with Crippen molar-refractivity contribution in [2.45, 2.75) is 13.0 Å². The normalized spacial score (nSPS) is 10.7. The number of benzene rings is 1. The van der Waals surface area contributed by atoms with Gasteiger partial charge in [0.2, 0.25) is 0 Å². The zero-order valence-corrected chi connectivity index (χ0v) is 9.10. The lowest BCUT2D eigenvalue weighted by atomic mass is 10.1. The Morgan fingerprint density at radius 2 is 1.88 bits per heavy atom. The zero-order valence-electron chi connectivity index (χ0n) is 8.28. The van der Waals surface area contributed by atoms with Crippen molar-refractivity contribution in [1.29, 1.82) is 0 Å². The van der Waals surface area contributed by atoms with E-state index in [9.17, 15) is 8.78 Å². The Bertz CT molecular complexity index is 499. The molecular formula is C10H9F2N3S. The lowest BCUT2D eigenvalue weighted by Gasteiger charge is -1.98. The SMILES string of the molecule is NCc1nnc(Cc2ccc(F)c(F)c2)s1. The molecule has 0 amide bonds. The number of hydrogen-bond acceptors (Lipinski definition) is 4. The molecule has 0 atom stereocenters. The largest absolute Gasteiger partial charge is 0.324 e. The van der Waals surface area contributed by atoms with Gasteiger partial charge in [0.05, 0.1) is 0 Å². The molecule has 0 unspecified atom stereocenters. The van der Waals surface area contributed by atoms with E-state index in [1.54, 1.807) is 0 Å². The van der Waals surface area contributed by atoms with E-state index in [1.807, 2.05) is 0 Å². The van der Waals surface area contributed by atoms with Gasteiger partial charge in [-0.2, -0.15) is 0 Å². The molecule has 0 bridgehead atoms. The maximum absolute atomic E-state index is 12.9. The summed E-state index contributed by atoms with van der Waals surface area (Å²) in [6.07, 6.45) is 0.439. The number of aromatic nitrogens is 2. The van der Waals surface area contributed by atoms with Crippen LogP contribution in [0.1, 0.15) is 15.6 Å².